The summed E-state index contributed by atoms with van der Waals surface area (Å²) in [4.78, 5) is 15.3. The molecule has 2 unspecified atom stereocenters. The van der Waals surface area contributed by atoms with Gasteiger partial charge in [0, 0.05) is 35.9 Å². The molecular weight excluding hydrogens is 366 g/mol. The Bertz CT molecular complexity index is 900. The van der Waals surface area contributed by atoms with Crippen LogP contribution in [0.2, 0.25) is 0 Å². The summed E-state index contributed by atoms with van der Waals surface area (Å²) < 4.78 is 0. The van der Waals surface area contributed by atoms with Crippen LogP contribution in [-0.4, -0.2) is 34.3 Å². The quantitative estimate of drug-likeness (QED) is 0.597. The molecule has 0 spiro atoms. The zero-order valence-corrected chi connectivity index (χ0v) is 16.1. The van der Waals surface area contributed by atoms with Gasteiger partial charge in [0.1, 0.15) is 5.82 Å². The minimum absolute atomic E-state index is 0.0960. The molecule has 0 saturated heterocycles. The van der Waals surface area contributed by atoms with Crippen LogP contribution in [0, 0.1) is 11.3 Å². The first-order valence-electron chi connectivity index (χ1n) is 10.1. The third-order valence-corrected chi connectivity index (χ3v) is 5.77. The number of carbonyl (C=O) groups is 1. The SMILES string of the molecule is N#Cc1cccc(Nc2ccc(C3CC3NC3CCC(NC(=O)O)CC3)cn2)c1. The second-order valence-corrected chi connectivity index (χ2v) is 7.91. The van der Waals surface area contributed by atoms with Gasteiger partial charge in [-0.25, -0.2) is 9.78 Å². The van der Waals surface area contributed by atoms with Crippen molar-refractivity contribution in [1.29, 1.82) is 5.26 Å². The van der Waals surface area contributed by atoms with E-state index in [-0.39, 0.29) is 6.04 Å². The molecule has 0 bridgehead atoms. The fraction of sp³-hybridized carbons (Fsp3) is 0.409. The van der Waals surface area contributed by atoms with E-state index in [0.29, 0.717) is 23.6 Å². The molecule has 4 rings (SSSR count). The minimum atomic E-state index is -0.924. The third-order valence-electron chi connectivity index (χ3n) is 5.77. The lowest BCUT2D eigenvalue weighted by atomic mass is 9.91. The normalized spacial score (nSPS) is 25.6. The number of amides is 1. The molecule has 2 aliphatic rings. The lowest BCUT2D eigenvalue weighted by molar-refractivity contribution is 0.183. The average Bonchev–Trinajstić information content (AvgIpc) is 3.49. The number of aromatic nitrogens is 1. The molecule has 2 aliphatic carbocycles. The summed E-state index contributed by atoms with van der Waals surface area (Å²) in [6.07, 6.45) is 5.94. The van der Waals surface area contributed by atoms with Crippen LogP contribution < -0.4 is 16.0 Å². The van der Waals surface area contributed by atoms with Crippen LogP contribution in [0.4, 0.5) is 16.3 Å². The van der Waals surface area contributed by atoms with E-state index < -0.39 is 6.09 Å². The molecule has 1 aromatic heterocycles. The third kappa shape index (κ3) is 5.04. The van der Waals surface area contributed by atoms with Crippen molar-refractivity contribution in [3.63, 3.8) is 0 Å². The molecule has 150 valence electrons. The maximum atomic E-state index is 10.7. The lowest BCUT2D eigenvalue weighted by Gasteiger charge is -2.29. The molecule has 0 radical (unpaired) electrons. The maximum Gasteiger partial charge on any atom is 0.404 e. The Morgan fingerprint density at radius 2 is 1.93 bits per heavy atom. The van der Waals surface area contributed by atoms with Crippen molar-refractivity contribution in [3.8, 4) is 6.07 Å². The van der Waals surface area contributed by atoms with Crippen LogP contribution >= 0.6 is 0 Å². The van der Waals surface area contributed by atoms with Crippen LogP contribution in [0.5, 0.6) is 0 Å². The van der Waals surface area contributed by atoms with Gasteiger partial charge < -0.3 is 21.1 Å². The zero-order valence-electron chi connectivity index (χ0n) is 16.1. The second-order valence-electron chi connectivity index (χ2n) is 7.91. The zero-order chi connectivity index (χ0) is 20.2. The molecule has 2 atom stereocenters. The van der Waals surface area contributed by atoms with Gasteiger partial charge >= 0.3 is 6.09 Å². The molecule has 1 amide bonds. The Labute approximate surface area is 170 Å². The number of pyridine rings is 1. The Morgan fingerprint density at radius 1 is 1.14 bits per heavy atom. The van der Waals surface area contributed by atoms with E-state index in [4.69, 9.17) is 10.4 Å². The van der Waals surface area contributed by atoms with Gasteiger partial charge in [0.2, 0.25) is 0 Å². The largest absolute Gasteiger partial charge is 0.465 e. The average molecular weight is 391 g/mol. The van der Waals surface area contributed by atoms with Gasteiger partial charge in [-0.15, -0.1) is 0 Å². The Balaban J connectivity index is 1.26. The number of carboxylic acid groups (broad SMARTS) is 1. The number of hydrogen-bond acceptors (Lipinski definition) is 5. The first kappa shape index (κ1) is 19.2. The van der Waals surface area contributed by atoms with Crippen LogP contribution in [-0.2, 0) is 0 Å². The Kier molecular flexibility index (Phi) is 5.63. The van der Waals surface area contributed by atoms with Gasteiger partial charge in [0.05, 0.1) is 11.6 Å². The highest BCUT2D eigenvalue weighted by molar-refractivity contribution is 5.64. The molecule has 2 saturated carbocycles. The topological polar surface area (TPSA) is 110 Å². The van der Waals surface area contributed by atoms with E-state index >= 15 is 0 Å². The number of anilines is 2. The van der Waals surface area contributed by atoms with Gasteiger partial charge in [-0.3, -0.25) is 0 Å². The standard InChI is InChI=1S/C22H25N5O2/c23-12-14-2-1-3-18(10-14)26-21-9-4-15(13-24-21)19-11-20(19)25-16-5-7-17(8-6-16)27-22(28)29/h1-4,9-10,13,16-17,19-20,25,27H,5-8,11H2,(H,24,26)(H,28,29). The van der Waals surface area contributed by atoms with Crippen molar-refractivity contribution < 1.29 is 9.90 Å². The number of nitrogens with one attached hydrogen (secondary N) is 3. The summed E-state index contributed by atoms with van der Waals surface area (Å²) in [5, 5.41) is 27.4. The molecule has 2 fully saturated rings. The van der Waals surface area contributed by atoms with Crippen LogP contribution in [0.3, 0.4) is 0 Å². The molecule has 29 heavy (non-hydrogen) atoms. The van der Waals surface area contributed by atoms with Crippen molar-refractivity contribution >= 4 is 17.6 Å². The first-order valence-corrected chi connectivity index (χ1v) is 10.1. The second kappa shape index (κ2) is 8.50. The van der Waals surface area contributed by atoms with Crippen molar-refractivity contribution in [3.05, 3.63) is 53.7 Å². The fourth-order valence-electron chi connectivity index (χ4n) is 4.14. The van der Waals surface area contributed by atoms with Gasteiger partial charge in [-0.2, -0.15) is 5.26 Å². The lowest BCUT2D eigenvalue weighted by Crippen LogP contribution is -2.42. The highest BCUT2D eigenvalue weighted by Crippen LogP contribution is 2.41. The number of benzene rings is 1. The summed E-state index contributed by atoms with van der Waals surface area (Å²) >= 11 is 0. The Hall–Kier alpha value is -3.11. The summed E-state index contributed by atoms with van der Waals surface area (Å²) in [6.45, 7) is 0. The summed E-state index contributed by atoms with van der Waals surface area (Å²) in [5.74, 6) is 1.26. The van der Waals surface area contributed by atoms with E-state index in [1.165, 1.54) is 5.56 Å². The summed E-state index contributed by atoms with van der Waals surface area (Å²) in [7, 11) is 0. The monoisotopic (exact) mass is 391 g/mol. The molecule has 1 heterocycles. The summed E-state index contributed by atoms with van der Waals surface area (Å²) in [6, 6.07) is 14.6. The van der Waals surface area contributed by atoms with Gasteiger partial charge in [-0.1, -0.05) is 12.1 Å². The van der Waals surface area contributed by atoms with E-state index in [2.05, 4.69) is 33.1 Å². The van der Waals surface area contributed by atoms with Crippen molar-refractivity contribution in [2.24, 2.45) is 0 Å². The highest BCUT2D eigenvalue weighted by atomic mass is 16.4. The van der Waals surface area contributed by atoms with E-state index in [0.717, 1.165) is 43.6 Å². The molecule has 4 N–H and O–H groups in total. The van der Waals surface area contributed by atoms with Crippen molar-refractivity contribution in [2.45, 2.75) is 56.1 Å². The van der Waals surface area contributed by atoms with Crippen molar-refractivity contribution in [2.75, 3.05) is 5.32 Å². The fourth-order valence-corrected chi connectivity index (χ4v) is 4.14. The Morgan fingerprint density at radius 3 is 2.62 bits per heavy atom. The molecule has 1 aromatic carbocycles. The van der Waals surface area contributed by atoms with Crippen molar-refractivity contribution in [1.82, 2.24) is 15.6 Å². The molecule has 7 heteroatoms. The number of nitrogens with zero attached hydrogens (tertiary/aromatic N) is 2. The number of rotatable bonds is 6. The van der Waals surface area contributed by atoms with E-state index in [1.807, 2.05) is 24.4 Å². The molecule has 0 aliphatic heterocycles. The van der Waals surface area contributed by atoms with Crippen LogP contribution in [0.15, 0.2) is 42.6 Å². The smallest absolute Gasteiger partial charge is 0.404 e. The first-order chi connectivity index (χ1) is 14.1. The number of hydrogen-bond donors (Lipinski definition) is 4. The number of nitriles is 1. The molecule has 2 aromatic rings. The summed E-state index contributed by atoms with van der Waals surface area (Å²) in [5.41, 5.74) is 2.70. The predicted octanol–water partition coefficient (Wildman–Crippen LogP) is 3.72. The van der Waals surface area contributed by atoms with Gasteiger partial charge in [0.15, 0.2) is 0 Å². The maximum absolute atomic E-state index is 10.7. The van der Waals surface area contributed by atoms with E-state index in [1.54, 1.807) is 12.1 Å². The van der Waals surface area contributed by atoms with Gasteiger partial charge in [-0.05, 0) is 61.9 Å². The highest BCUT2D eigenvalue weighted by Gasteiger charge is 2.40. The van der Waals surface area contributed by atoms with Gasteiger partial charge in [0.25, 0.3) is 0 Å². The minimum Gasteiger partial charge on any atom is -0.465 e. The van der Waals surface area contributed by atoms with Crippen LogP contribution in [0.1, 0.15) is 49.1 Å². The van der Waals surface area contributed by atoms with Crippen LogP contribution in [0.25, 0.3) is 0 Å². The molecule has 7 nitrogen and oxygen atoms in total. The van der Waals surface area contributed by atoms with E-state index in [9.17, 15) is 4.79 Å². The molecular formula is C22H25N5O2. The predicted molar refractivity (Wildman–Crippen MR) is 110 cm³/mol.